The van der Waals surface area contributed by atoms with Gasteiger partial charge in [0.05, 0.1) is 12.2 Å². The number of hydrogen-bond donors (Lipinski definition) is 2. The van der Waals surface area contributed by atoms with Crippen molar-refractivity contribution in [2.45, 2.75) is 20.3 Å². The lowest BCUT2D eigenvalue weighted by Gasteiger charge is -2.06. The SMILES string of the molecule is CCOC(=O)c1cc(CC)sc1NC(=O)COC(=O)c1ccn[nH]1. The number of nitrogens with one attached hydrogen (secondary N) is 2. The Bertz CT molecular complexity index is 724. The minimum Gasteiger partial charge on any atom is -0.462 e. The number of esters is 2. The van der Waals surface area contributed by atoms with Gasteiger partial charge in [-0.15, -0.1) is 11.3 Å². The number of nitrogens with zero attached hydrogens (tertiary/aromatic N) is 1. The van der Waals surface area contributed by atoms with Crippen molar-refractivity contribution < 1.29 is 23.9 Å². The summed E-state index contributed by atoms with van der Waals surface area (Å²) < 4.78 is 9.84. The molecule has 24 heavy (non-hydrogen) atoms. The molecular formula is C15H17N3O5S. The minimum atomic E-state index is -0.686. The van der Waals surface area contributed by atoms with E-state index in [4.69, 9.17) is 9.47 Å². The first-order valence-corrected chi connectivity index (χ1v) is 8.13. The maximum absolute atomic E-state index is 12.0. The molecule has 0 fully saturated rings. The lowest BCUT2D eigenvalue weighted by atomic mass is 10.2. The molecule has 8 nitrogen and oxygen atoms in total. The van der Waals surface area contributed by atoms with Crippen LogP contribution in [0.15, 0.2) is 18.3 Å². The highest BCUT2D eigenvalue weighted by Crippen LogP contribution is 2.29. The summed E-state index contributed by atoms with van der Waals surface area (Å²) in [6.45, 7) is 3.42. The number of anilines is 1. The number of ether oxygens (including phenoxy) is 2. The van der Waals surface area contributed by atoms with Gasteiger partial charge in [0.15, 0.2) is 6.61 Å². The Morgan fingerprint density at radius 3 is 2.67 bits per heavy atom. The Labute approximate surface area is 142 Å². The Hall–Kier alpha value is -2.68. The van der Waals surface area contributed by atoms with Gasteiger partial charge in [-0.3, -0.25) is 9.89 Å². The lowest BCUT2D eigenvalue weighted by molar-refractivity contribution is -0.119. The maximum Gasteiger partial charge on any atom is 0.356 e. The number of carbonyl (C=O) groups is 3. The second-order valence-electron chi connectivity index (χ2n) is 4.62. The van der Waals surface area contributed by atoms with Gasteiger partial charge in [0.25, 0.3) is 5.91 Å². The van der Waals surface area contributed by atoms with E-state index >= 15 is 0 Å². The van der Waals surface area contributed by atoms with Gasteiger partial charge in [0.2, 0.25) is 0 Å². The molecule has 0 saturated carbocycles. The summed E-state index contributed by atoms with van der Waals surface area (Å²) in [5, 5.41) is 9.03. The highest BCUT2D eigenvalue weighted by molar-refractivity contribution is 7.16. The van der Waals surface area contributed by atoms with Crippen molar-refractivity contribution in [1.82, 2.24) is 10.2 Å². The van der Waals surface area contributed by atoms with Crippen LogP contribution in [-0.2, 0) is 20.7 Å². The van der Waals surface area contributed by atoms with Crippen LogP contribution >= 0.6 is 11.3 Å². The van der Waals surface area contributed by atoms with Crippen molar-refractivity contribution in [2.24, 2.45) is 0 Å². The van der Waals surface area contributed by atoms with E-state index < -0.39 is 24.5 Å². The zero-order chi connectivity index (χ0) is 17.5. The van der Waals surface area contributed by atoms with E-state index in [2.05, 4.69) is 15.5 Å². The number of hydrogen-bond acceptors (Lipinski definition) is 7. The van der Waals surface area contributed by atoms with Gasteiger partial charge in [-0.2, -0.15) is 5.10 Å². The summed E-state index contributed by atoms with van der Waals surface area (Å²) in [7, 11) is 0. The molecule has 128 valence electrons. The van der Waals surface area contributed by atoms with Crippen LogP contribution in [-0.4, -0.2) is 41.3 Å². The van der Waals surface area contributed by atoms with Crippen LogP contribution in [0.3, 0.4) is 0 Å². The fourth-order valence-electron chi connectivity index (χ4n) is 1.81. The first-order chi connectivity index (χ1) is 11.5. The molecule has 1 amide bonds. The van der Waals surface area contributed by atoms with Gasteiger partial charge in [-0.05, 0) is 25.5 Å². The lowest BCUT2D eigenvalue weighted by Crippen LogP contribution is -2.21. The van der Waals surface area contributed by atoms with Gasteiger partial charge in [0.1, 0.15) is 10.7 Å². The predicted octanol–water partition coefficient (Wildman–Crippen LogP) is 2.01. The molecule has 0 aliphatic rings. The minimum absolute atomic E-state index is 0.152. The van der Waals surface area contributed by atoms with E-state index in [0.29, 0.717) is 10.6 Å². The molecule has 0 atom stereocenters. The second kappa shape index (κ2) is 8.25. The first kappa shape index (κ1) is 17.7. The zero-order valence-corrected chi connectivity index (χ0v) is 14.1. The molecule has 0 aromatic carbocycles. The average Bonchev–Trinajstić information content (AvgIpc) is 3.22. The smallest absolute Gasteiger partial charge is 0.356 e. The molecule has 9 heteroatoms. The van der Waals surface area contributed by atoms with Crippen molar-refractivity contribution in [3.63, 3.8) is 0 Å². The van der Waals surface area contributed by atoms with E-state index in [1.807, 2.05) is 6.92 Å². The van der Waals surface area contributed by atoms with Crippen molar-refractivity contribution in [3.05, 3.63) is 34.5 Å². The standard InChI is InChI=1S/C15H17N3O5S/c1-3-9-7-10(14(20)22-4-2)13(24-9)17-12(19)8-23-15(21)11-5-6-16-18-11/h5-7H,3-4,8H2,1-2H3,(H,16,18)(H,17,19). The van der Waals surface area contributed by atoms with E-state index in [0.717, 1.165) is 11.3 Å². The van der Waals surface area contributed by atoms with E-state index in [1.54, 1.807) is 13.0 Å². The van der Waals surface area contributed by atoms with Crippen molar-refractivity contribution in [2.75, 3.05) is 18.5 Å². The van der Waals surface area contributed by atoms with Crippen LogP contribution in [0.1, 0.15) is 39.6 Å². The van der Waals surface area contributed by atoms with E-state index in [-0.39, 0.29) is 12.3 Å². The van der Waals surface area contributed by atoms with Crippen molar-refractivity contribution in [1.29, 1.82) is 0 Å². The number of H-pyrrole nitrogens is 1. The third-order valence-electron chi connectivity index (χ3n) is 2.93. The molecule has 2 N–H and O–H groups in total. The number of rotatable bonds is 7. The summed E-state index contributed by atoms with van der Waals surface area (Å²) in [6.07, 6.45) is 2.13. The summed E-state index contributed by atoms with van der Waals surface area (Å²) in [4.78, 5) is 36.5. The molecule has 0 aliphatic heterocycles. The van der Waals surface area contributed by atoms with Gasteiger partial charge >= 0.3 is 11.9 Å². The highest BCUT2D eigenvalue weighted by Gasteiger charge is 2.19. The third kappa shape index (κ3) is 4.42. The van der Waals surface area contributed by atoms with Crippen LogP contribution in [0.4, 0.5) is 5.00 Å². The number of aryl methyl sites for hydroxylation is 1. The normalized spacial score (nSPS) is 10.2. The van der Waals surface area contributed by atoms with Gasteiger partial charge < -0.3 is 14.8 Å². The Morgan fingerprint density at radius 1 is 1.25 bits per heavy atom. The molecule has 2 rings (SSSR count). The summed E-state index contributed by atoms with van der Waals surface area (Å²) in [5.41, 5.74) is 0.450. The number of carbonyl (C=O) groups excluding carboxylic acids is 3. The number of aromatic nitrogens is 2. The molecule has 2 aromatic rings. The third-order valence-corrected chi connectivity index (χ3v) is 4.13. The molecule has 0 radical (unpaired) electrons. The van der Waals surface area contributed by atoms with Crippen LogP contribution in [0.5, 0.6) is 0 Å². The number of aromatic amines is 1. The molecule has 0 bridgehead atoms. The summed E-state index contributed by atoms with van der Waals surface area (Å²) >= 11 is 1.28. The number of amides is 1. The molecule has 2 aromatic heterocycles. The molecule has 0 unspecified atom stereocenters. The highest BCUT2D eigenvalue weighted by atomic mass is 32.1. The quantitative estimate of drug-likeness (QED) is 0.738. The first-order valence-electron chi connectivity index (χ1n) is 7.31. The molecule has 0 spiro atoms. The zero-order valence-electron chi connectivity index (χ0n) is 13.3. The fourth-order valence-corrected chi connectivity index (χ4v) is 2.81. The van der Waals surface area contributed by atoms with Crippen LogP contribution < -0.4 is 5.32 Å². The molecule has 0 aliphatic carbocycles. The van der Waals surface area contributed by atoms with E-state index in [1.165, 1.54) is 23.6 Å². The Kier molecular flexibility index (Phi) is 6.07. The van der Waals surface area contributed by atoms with Crippen LogP contribution in [0.25, 0.3) is 0 Å². The number of thiophene rings is 1. The fraction of sp³-hybridized carbons (Fsp3) is 0.333. The molecular weight excluding hydrogens is 334 g/mol. The summed E-state index contributed by atoms with van der Waals surface area (Å²) in [6, 6.07) is 3.13. The largest absolute Gasteiger partial charge is 0.462 e. The maximum atomic E-state index is 12.0. The van der Waals surface area contributed by atoms with Gasteiger partial charge in [0, 0.05) is 11.1 Å². The van der Waals surface area contributed by atoms with Crippen molar-refractivity contribution in [3.8, 4) is 0 Å². The molecule has 0 saturated heterocycles. The van der Waals surface area contributed by atoms with Gasteiger partial charge in [-0.1, -0.05) is 6.92 Å². The Balaban J connectivity index is 1.99. The second-order valence-corrected chi connectivity index (χ2v) is 5.76. The van der Waals surface area contributed by atoms with E-state index in [9.17, 15) is 14.4 Å². The summed E-state index contributed by atoms with van der Waals surface area (Å²) in [5.74, 6) is -1.73. The monoisotopic (exact) mass is 351 g/mol. The predicted molar refractivity (Wildman–Crippen MR) is 87.2 cm³/mol. The molecule has 2 heterocycles. The van der Waals surface area contributed by atoms with Crippen LogP contribution in [0.2, 0.25) is 0 Å². The Morgan fingerprint density at radius 2 is 2.04 bits per heavy atom. The average molecular weight is 351 g/mol. The van der Waals surface area contributed by atoms with Crippen molar-refractivity contribution >= 4 is 34.2 Å². The van der Waals surface area contributed by atoms with Gasteiger partial charge in [-0.25, -0.2) is 9.59 Å². The topological polar surface area (TPSA) is 110 Å². The van der Waals surface area contributed by atoms with Crippen LogP contribution in [0, 0.1) is 0 Å².